The summed E-state index contributed by atoms with van der Waals surface area (Å²) in [6, 6.07) is 13.4. The molecule has 33 heavy (non-hydrogen) atoms. The van der Waals surface area contributed by atoms with Gasteiger partial charge in [0.15, 0.2) is 0 Å². The first-order valence-corrected chi connectivity index (χ1v) is 11.4. The second-order valence-corrected chi connectivity index (χ2v) is 8.77. The fourth-order valence-electron chi connectivity index (χ4n) is 4.49. The number of halogens is 2. The van der Waals surface area contributed by atoms with Crippen LogP contribution >= 0.6 is 0 Å². The molecule has 0 bridgehead atoms. The number of likely N-dealkylation sites (tertiary alicyclic amines) is 2. The van der Waals surface area contributed by atoms with Crippen molar-refractivity contribution < 1.29 is 13.6 Å². The highest BCUT2D eigenvalue weighted by atomic mass is 19.1. The standard InChI is InChI=1S/C26H28F2N4O/c27-23-4-5-25(28)22(16-23)15-19-6-12-32(13-7-19)26(33)30-24-8-10-31(11-9-24)18-21-3-1-2-20(14-21)17-29/h1-5,14-16,24H,6-13,18H2,(H,30,33). The second kappa shape index (κ2) is 10.6. The highest BCUT2D eigenvalue weighted by Gasteiger charge is 2.25. The van der Waals surface area contributed by atoms with Gasteiger partial charge in [-0.05, 0) is 61.6 Å². The van der Waals surface area contributed by atoms with Crippen molar-refractivity contribution in [1.29, 1.82) is 5.26 Å². The van der Waals surface area contributed by atoms with E-state index in [4.69, 9.17) is 5.26 Å². The molecule has 2 aliphatic heterocycles. The molecule has 0 aliphatic carbocycles. The summed E-state index contributed by atoms with van der Waals surface area (Å²) in [7, 11) is 0. The zero-order valence-corrected chi connectivity index (χ0v) is 18.6. The molecule has 2 heterocycles. The molecular formula is C26H28F2N4O. The van der Waals surface area contributed by atoms with E-state index in [1.165, 1.54) is 6.07 Å². The molecule has 0 spiro atoms. The summed E-state index contributed by atoms with van der Waals surface area (Å²) in [4.78, 5) is 16.9. The van der Waals surface area contributed by atoms with Gasteiger partial charge in [-0.2, -0.15) is 5.26 Å². The number of amides is 2. The first-order valence-electron chi connectivity index (χ1n) is 11.4. The maximum atomic E-state index is 13.9. The third kappa shape index (κ3) is 6.17. The summed E-state index contributed by atoms with van der Waals surface area (Å²) in [5, 5.41) is 12.2. The maximum absolute atomic E-state index is 13.9. The Bertz CT molecular complexity index is 1060. The Balaban J connectivity index is 1.22. The summed E-state index contributed by atoms with van der Waals surface area (Å²) in [5.74, 6) is -0.894. The molecule has 2 aliphatic rings. The van der Waals surface area contributed by atoms with E-state index in [2.05, 4.69) is 16.3 Å². The number of nitrogens with one attached hydrogen (secondary N) is 1. The minimum Gasteiger partial charge on any atom is -0.335 e. The molecule has 2 fully saturated rings. The molecule has 2 amide bonds. The molecule has 0 aromatic heterocycles. The molecule has 0 radical (unpaired) electrons. The minimum absolute atomic E-state index is 0.0499. The number of benzene rings is 2. The van der Waals surface area contributed by atoms with Crippen LogP contribution in [0.15, 0.2) is 48.0 Å². The molecule has 0 unspecified atom stereocenters. The molecule has 2 saturated heterocycles. The van der Waals surface area contributed by atoms with Gasteiger partial charge in [0, 0.05) is 44.3 Å². The van der Waals surface area contributed by atoms with Crippen molar-refractivity contribution in [2.75, 3.05) is 26.2 Å². The van der Waals surface area contributed by atoms with Crippen molar-refractivity contribution in [1.82, 2.24) is 15.1 Å². The van der Waals surface area contributed by atoms with E-state index >= 15 is 0 Å². The monoisotopic (exact) mass is 450 g/mol. The van der Waals surface area contributed by atoms with Crippen LogP contribution in [0.4, 0.5) is 13.6 Å². The summed E-state index contributed by atoms with van der Waals surface area (Å²) in [6.45, 7) is 3.75. The molecule has 0 atom stereocenters. The van der Waals surface area contributed by atoms with E-state index in [1.807, 2.05) is 24.3 Å². The Hall–Kier alpha value is -3.24. The van der Waals surface area contributed by atoms with Gasteiger partial charge in [0.2, 0.25) is 0 Å². The molecule has 2 aromatic carbocycles. The van der Waals surface area contributed by atoms with Crippen molar-refractivity contribution in [3.63, 3.8) is 0 Å². The smallest absolute Gasteiger partial charge is 0.317 e. The molecule has 5 nitrogen and oxygen atoms in total. The average Bonchev–Trinajstić information content (AvgIpc) is 2.83. The van der Waals surface area contributed by atoms with Crippen molar-refractivity contribution in [3.05, 3.63) is 76.4 Å². The number of hydrogen-bond acceptors (Lipinski definition) is 3. The lowest BCUT2D eigenvalue weighted by molar-refractivity contribution is 0.166. The predicted molar refractivity (Wildman–Crippen MR) is 123 cm³/mol. The van der Waals surface area contributed by atoms with Crippen molar-refractivity contribution >= 4 is 12.1 Å². The van der Waals surface area contributed by atoms with Gasteiger partial charge in [0.25, 0.3) is 0 Å². The summed E-state index contributed by atoms with van der Waals surface area (Å²) in [6.07, 6.45) is 4.80. The molecule has 7 heteroatoms. The van der Waals surface area contributed by atoms with Crippen LogP contribution in [0, 0.1) is 23.0 Å². The number of nitriles is 1. The van der Waals surface area contributed by atoms with Gasteiger partial charge in [-0.3, -0.25) is 4.90 Å². The average molecular weight is 451 g/mol. The topological polar surface area (TPSA) is 59.4 Å². The third-order valence-electron chi connectivity index (χ3n) is 6.39. The predicted octanol–water partition coefficient (Wildman–Crippen LogP) is 4.69. The number of carbonyl (C=O) groups excluding carboxylic acids is 1. The van der Waals surface area contributed by atoms with Crippen molar-refractivity contribution in [2.45, 2.75) is 38.3 Å². The number of piperidine rings is 2. The Kier molecular flexibility index (Phi) is 7.36. The quantitative estimate of drug-likeness (QED) is 0.735. The molecule has 2 aromatic rings. The van der Waals surface area contributed by atoms with Gasteiger partial charge in [-0.15, -0.1) is 0 Å². The minimum atomic E-state index is -0.457. The fraction of sp³-hybridized carbons (Fsp3) is 0.385. The second-order valence-electron chi connectivity index (χ2n) is 8.77. The molecule has 172 valence electrons. The van der Waals surface area contributed by atoms with E-state index < -0.39 is 11.6 Å². The van der Waals surface area contributed by atoms with Gasteiger partial charge in [-0.1, -0.05) is 23.8 Å². The molecule has 4 rings (SSSR count). The zero-order valence-electron chi connectivity index (χ0n) is 18.6. The van der Waals surface area contributed by atoms with E-state index in [1.54, 1.807) is 11.0 Å². The third-order valence-corrected chi connectivity index (χ3v) is 6.39. The summed E-state index contributed by atoms with van der Waals surface area (Å²) in [5.41, 5.74) is 3.09. The fourth-order valence-corrected chi connectivity index (χ4v) is 4.49. The highest BCUT2D eigenvalue weighted by molar-refractivity contribution is 5.75. The molecular weight excluding hydrogens is 422 g/mol. The molecule has 0 saturated carbocycles. The van der Waals surface area contributed by atoms with Gasteiger partial charge >= 0.3 is 6.03 Å². The van der Waals surface area contributed by atoms with Crippen LogP contribution in [0.2, 0.25) is 0 Å². The first-order chi connectivity index (χ1) is 16.0. The number of nitrogens with zero attached hydrogens (tertiary/aromatic N) is 3. The Labute approximate surface area is 193 Å². The number of carbonyl (C=O) groups is 1. The SMILES string of the molecule is N#Cc1cccc(CN2CCC(NC(=O)N3CCC(=Cc4cc(F)ccc4F)CC3)CC2)c1. The van der Waals surface area contributed by atoms with Crippen LogP contribution in [0.1, 0.15) is 42.4 Å². The number of urea groups is 1. The van der Waals surface area contributed by atoms with Gasteiger partial charge < -0.3 is 10.2 Å². The highest BCUT2D eigenvalue weighted by Crippen LogP contribution is 2.22. The van der Waals surface area contributed by atoms with Crippen LogP contribution in [-0.4, -0.2) is 48.1 Å². The summed E-state index contributed by atoms with van der Waals surface area (Å²) < 4.78 is 27.3. The normalized spacial score (nSPS) is 17.5. The van der Waals surface area contributed by atoms with Crippen LogP contribution in [0.5, 0.6) is 0 Å². The molecule has 1 N–H and O–H groups in total. The van der Waals surface area contributed by atoms with Crippen LogP contribution in [-0.2, 0) is 6.54 Å². The Morgan fingerprint density at radius 1 is 1.09 bits per heavy atom. The number of hydrogen-bond donors (Lipinski definition) is 1. The Morgan fingerprint density at radius 2 is 1.85 bits per heavy atom. The first kappa shape index (κ1) is 22.9. The lowest BCUT2D eigenvalue weighted by Gasteiger charge is -2.35. The van der Waals surface area contributed by atoms with E-state index in [-0.39, 0.29) is 17.6 Å². The zero-order chi connectivity index (χ0) is 23.2. The van der Waals surface area contributed by atoms with Crippen LogP contribution in [0.25, 0.3) is 6.08 Å². The van der Waals surface area contributed by atoms with Crippen molar-refractivity contribution in [2.24, 2.45) is 0 Å². The van der Waals surface area contributed by atoms with Gasteiger partial charge in [-0.25, -0.2) is 13.6 Å². The lowest BCUT2D eigenvalue weighted by Crippen LogP contribution is -2.50. The van der Waals surface area contributed by atoms with Crippen LogP contribution in [0.3, 0.4) is 0 Å². The maximum Gasteiger partial charge on any atom is 0.317 e. The number of rotatable bonds is 4. The van der Waals surface area contributed by atoms with Gasteiger partial charge in [0.05, 0.1) is 11.6 Å². The largest absolute Gasteiger partial charge is 0.335 e. The van der Waals surface area contributed by atoms with Crippen LogP contribution < -0.4 is 5.32 Å². The van der Waals surface area contributed by atoms with E-state index in [0.29, 0.717) is 31.5 Å². The van der Waals surface area contributed by atoms with Crippen molar-refractivity contribution in [3.8, 4) is 6.07 Å². The summed E-state index contributed by atoms with van der Waals surface area (Å²) >= 11 is 0. The van der Waals surface area contributed by atoms with E-state index in [9.17, 15) is 13.6 Å². The Morgan fingerprint density at radius 3 is 2.58 bits per heavy atom. The lowest BCUT2D eigenvalue weighted by atomic mass is 10.0. The van der Waals surface area contributed by atoms with Gasteiger partial charge in [0.1, 0.15) is 11.6 Å². The van der Waals surface area contributed by atoms with E-state index in [0.717, 1.165) is 55.7 Å².